The Labute approximate surface area is 116 Å². The van der Waals surface area contributed by atoms with Crippen molar-refractivity contribution in [3.8, 4) is 0 Å². The van der Waals surface area contributed by atoms with Crippen molar-refractivity contribution in [2.75, 3.05) is 18.8 Å². The first-order valence-corrected chi connectivity index (χ1v) is 7.36. The predicted octanol–water partition coefficient (Wildman–Crippen LogP) is 2.46. The number of benzene rings is 1. The first-order valence-electron chi connectivity index (χ1n) is 5.92. The maximum atomic E-state index is 12.5. The van der Waals surface area contributed by atoms with Gasteiger partial charge in [-0.25, -0.2) is 8.42 Å². The molecule has 4 nitrogen and oxygen atoms in total. The van der Waals surface area contributed by atoms with Crippen LogP contribution in [0.3, 0.4) is 0 Å². The molecular weight excluding hydrogens is 293 g/mol. The SMILES string of the molecule is CCN(CC(F)(F)F)S(=O)(=O)c1cc(N)cc(C)c1C. The molecule has 0 bridgehead atoms. The molecule has 1 rings (SSSR count). The number of nitrogen functional groups attached to an aromatic ring is 1. The van der Waals surface area contributed by atoms with Gasteiger partial charge in [0.1, 0.15) is 6.54 Å². The van der Waals surface area contributed by atoms with Gasteiger partial charge in [-0.15, -0.1) is 0 Å². The van der Waals surface area contributed by atoms with Gasteiger partial charge < -0.3 is 5.73 Å². The predicted molar refractivity (Wildman–Crippen MR) is 70.8 cm³/mol. The summed E-state index contributed by atoms with van der Waals surface area (Å²) in [5.41, 5.74) is 6.81. The molecule has 0 radical (unpaired) electrons. The third-order valence-corrected chi connectivity index (χ3v) is 5.02. The second-order valence-corrected chi connectivity index (χ2v) is 6.41. The van der Waals surface area contributed by atoms with E-state index in [9.17, 15) is 21.6 Å². The zero-order valence-electron chi connectivity index (χ0n) is 11.5. The molecule has 0 heterocycles. The maximum absolute atomic E-state index is 12.5. The van der Waals surface area contributed by atoms with E-state index in [-0.39, 0.29) is 17.1 Å². The molecule has 1 aromatic rings. The summed E-state index contributed by atoms with van der Waals surface area (Å²) in [5, 5.41) is 0. The number of hydrogen-bond acceptors (Lipinski definition) is 3. The van der Waals surface area contributed by atoms with E-state index in [4.69, 9.17) is 5.73 Å². The van der Waals surface area contributed by atoms with Crippen molar-refractivity contribution in [2.24, 2.45) is 0 Å². The highest BCUT2D eigenvalue weighted by atomic mass is 32.2. The van der Waals surface area contributed by atoms with E-state index in [0.717, 1.165) is 0 Å². The normalized spacial score (nSPS) is 12.9. The lowest BCUT2D eigenvalue weighted by Crippen LogP contribution is -2.39. The van der Waals surface area contributed by atoms with Crippen molar-refractivity contribution in [1.29, 1.82) is 0 Å². The zero-order chi connectivity index (χ0) is 15.7. The number of hydrogen-bond donors (Lipinski definition) is 1. The minimum atomic E-state index is -4.59. The lowest BCUT2D eigenvalue weighted by molar-refractivity contribution is -0.135. The molecule has 0 amide bonds. The van der Waals surface area contributed by atoms with Crippen molar-refractivity contribution in [3.05, 3.63) is 23.3 Å². The van der Waals surface area contributed by atoms with E-state index in [2.05, 4.69) is 0 Å². The number of sulfonamides is 1. The van der Waals surface area contributed by atoms with Gasteiger partial charge in [0.25, 0.3) is 0 Å². The van der Waals surface area contributed by atoms with Crippen LogP contribution in [-0.4, -0.2) is 32.0 Å². The van der Waals surface area contributed by atoms with E-state index in [1.54, 1.807) is 19.9 Å². The van der Waals surface area contributed by atoms with Gasteiger partial charge in [-0.05, 0) is 37.1 Å². The summed E-state index contributed by atoms with van der Waals surface area (Å²) < 4.78 is 62.5. The molecule has 0 aliphatic heterocycles. The summed E-state index contributed by atoms with van der Waals surface area (Å²) in [6.07, 6.45) is -4.59. The molecule has 0 unspecified atom stereocenters. The Balaban J connectivity index is 3.35. The molecule has 0 aromatic heterocycles. The number of anilines is 1. The molecule has 114 valence electrons. The number of alkyl halides is 3. The van der Waals surface area contributed by atoms with E-state index < -0.39 is 22.7 Å². The molecule has 0 saturated heterocycles. The first kappa shape index (κ1) is 16.8. The summed E-state index contributed by atoms with van der Waals surface area (Å²) in [4.78, 5) is -0.180. The highest BCUT2D eigenvalue weighted by Gasteiger charge is 2.36. The van der Waals surface area contributed by atoms with Crippen molar-refractivity contribution in [2.45, 2.75) is 31.8 Å². The number of halogens is 3. The first-order chi connectivity index (χ1) is 8.99. The maximum Gasteiger partial charge on any atom is 0.402 e. The summed E-state index contributed by atoms with van der Waals surface area (Å²) in [7, 11) is -4.23. The fourth-order valence-corrected chi connectivity index (χ4v) is 3.59. The number of nitrogens with two attached hydrogens (primary N) is 1. The molecule has 0 atom stereocenters. The quantitative estimate of drug-likeness (QED) is 0.869. The van der Waals surface area contributed by atoms with Crippen LogP contribution in [0.25, 0.3) is 0 Å². The van der Waals surface area contributed by atoms with Crippen LogP contribution >= 0.6 is 0 Å². The molecular formula is C12H17F3N2O2S. The summed E-state index contributed by atoms with van der Waals surface area (Å²) in [6, 6.07) is 2.77. The lowest BCUT2D eigenvalue weighted by atomic mass is 10.1. The Morgan fingerprint density at radius 1 is 1.25 bits per heavy atom. The third kappa shape index (κ3) is 3.63. The molecule has 0 fully saturated rings. The average molecular weight is 310 g/mol. The Bertz CT molecular complexity index is 597. The van der Waals surface area contributed by atoms with Crippen LogP contribution in [0.1, 0.15) is 18.1 Å². The van der Waals surface area contributed by atoms with Crippen LogP contribution in [0.4, 0.5) is 18.9 Å². The van der Waals surface area contributed by atoms with Gasteiger partial charge in [-0.1, -0.05) is 6.92 Å². The minimum Gasteiger partial charge on any atom is -0.399 e. The standard InChI is InChI=1S/C12H17F3N2O2S/c1-4-17(7-12(13,14)15)20(18,19)11-6-10(16)5-8(2)9(11)3/h5-6H,4,7,16H2,1-3H3. The van der Waals surface area contributed by atoms with Gasteiger partial charge in [-0.3, -0.25) is 0 Å². The number of nitrogens with zero attached hydrogens (tertiary/aromatic N) is 1. The third-order valence-electron chi connectivity index (χ3n) is 2.97. The molecule has 8 heteroatoms. The Kier molecular flexibility index (Phi) is 4.70. The van der Waals surface area contributed by atoms with Gasteiger partial charge in [0.15, 0.2) is 0 Å². The summed E-state index contributed by atoms with van der Waals surface area (Å²) in [6.45, 7) is 2.78. The van der Waals surface area contributed by atoms with Gasteiger partial charge in [0.05, 0.1) is 4.90 Å². The van der Waals surface area contributed by atoms with Crippen LogP contribution in [0.15, 0.2) is 17.0 Å². The van der Waals surface area contributed by atoms with Crippen LogP contribution < -0.4 is 5.73 Å². The van der Waals surface area contributed by atoms with Gasteiger partial charge in [0, 0.05) is 12.2 Å². The van der Waals surface area contributed by atoms with Crippen LogP contribution in [0, 0.1) is 13.8 Å². The fourth-order valence-electron chi connectivity index (χ4n) is 1.83. The zero-order valence-corrected chi connectivity index (χ0v) is 12.3. The van der Waals surface area contributed by atoms with Crippen LogP contribution in [0.5, 0.6) is 0 Å². The monoisotopic (exact) mass is 310 g/mol. The molecule has 20 heavy (non-hydrogen) atoms. The molecule has 1 aromatic carbocycles. The van der Waals surface area contributed by atoms with Gasteiger partial charge in [0.2, 0.25) is 10.0 Å². The highest BCUT2D eigenvalue weighted by molar-refractivity contribution is 7.89. The fraction of sp³-hybridized carbons (Fsp3) is 0.500. The topological polar surface area (TPSA) is 63.4 Å². The van der Waals surface area contributed by atoms with Crippen molar-refractivity contribution in [3.63, 3.8) is 0 Å². The minimum absolute atomic E-state index is 0.180. The largest absolute Gasteiger partial charge is 0.402 e. The summed E-state index contributed by atoms with van der Waals surface area (Å²) >= 11 is 0. The smallest absolute Gasteiger partial charge is 0.399 e. The average Bonchev–Trinajstić information content (AvgIpc) is 2.29. The van der Waals surface area contributed by atoms with Crippen molar-refractivity contribution in [1.82, 2.24) is 4.31 Å². The van der Waals surface area contributed by atoms with E-state index in [0.29, 0.717) is 15.4 Å². The lowest BCUT2D eigenvalue weighted by Gasteiger charge is -2.23. The van der Waals surface area contributed by atoms with Crippen molar-refractivity contribution < 1.29 is 21.6 Å². The number of rotatable bonds is 4. The number of aryl methyl sites for hydroxylation is 1. The molecule has 0 saturated carbocycles. The van der Waals surface area contributed by atoms with E-state index in [1.807, 2.05) is 0 Å². The second kappa shape index (κ2) is 5.61. The van der Waals surface area contributed by atoms with Crippen LogP contribution in [-0.2, 0) is 10.0 Å². The van der Waals surface area contributed by atoms with Crippen LogP contribution in [0.2, 0.25) is 0 Å². The molecule has 0 aliphatic rings. The molecule has 0 aliphatic carbocycles. The van der Waals surface area contributed by atoms with E-state index in [1.165, 1.54) is 13.0 Å². The Hall–Kier alpha value is -1.28. The molecule has 2 N–H and O–H groups in total. The van der Waals surface area contributed by atoms with Crippen molar-refractivity contribution >= 4 is 15.7 Å². The summed E-state index contributed by atoms with van der Waals surface area (Å²) in [5.74, 6) is 0. The Morgan fingerprint density at radius 2 is 1.80 bits per heavy atom. The highest BCUT2D eigenvalue weighted by Crippen LogP contribution is 2.27. The second-order valence-electron chi connectivity index (χ2n) is 4.51. The Morgan fingerprint density at radius 3 is 2.25 bits per heavy atom. The van der Waals surface area contributed by atoms with Gasteiger partial charge >= 0.3 is 6.18 Å². The van der Waals surface area contributed by atoms with E-state index >= 15 is 0 Å². The molecule has 0 spiro atoms. The van der Waals surface area contributed by atoms with Gasteiger partial charge in [-0.2, -0.15) is 17.5 Å².